The molecular formula is C25H30ClNO5S. The van der Waals surface area contributed by atoms with Gasteiger partial charge in [0.25, 0.3) is 0 Å². The van der Waals surface area contributed by atoms with Crippen LogP contribution in [-0.4, -0.2) is 26.3 Å². The van der Waals surface area contributed by atoms with Gasteiger partial charge in [-0.25, -0.2) is 18.4 Å². The van der Waals surface area contributed by atoms with E-state index in [2.05, 4.69) is 6.92 Å². The molecule has 2 N–H and O–H groups in total. The van der Waals surface area contributed by atoms with E-state index < -0.39 is 16.0 Å². The summed E-state index contributed by atoms with van der Waals surface area (Å²) in [7, 11) is -3.95. The largest absolute Gasteiger partial charge is 0.458 e. The highest BCUT2D eigenvalue weighted by Gasteiger charge is 2.57. The van der Waals surface area contributed by atoms with E-state index in [1.54, 1.807) is 0 Å². The zero-order valence-corrected chi connectivity index (χ0v) is 20.3. The fourth-order valence-electron chi connectivity index (χ4n) is 7.36. The Morgan fingerprint density at radius 2 is 1.91 bits per heavy atom. The number of nitrogens with two attached hydrogens (primary N) is 1. The Morgan fingerprint density at radius 3 is 2.67 bits per heavy atom. The van der Waals surface area contributed by atoms with Crippen molar-refractivity contribution in [2.24, 2.45) is 34.2 Å². The smallest absolute Gasteiger partial charge is 0.339 e. The SMILES string of the molecule is C[C@]12CCC3C(CCC4=CC(=O)CC[C@@H]43)C1CC[C@@H]2OC(=O)c1cc(S(N)(=O)=O)ccc1Cl. The Labute approximate surface area is 199 Å². The Morgan fingerprint density at radius 1 is 1.12 bits per heavy atom. The molecule has 6 atom stereocenters. The highest BCUT2D eigenvalue weighted by atomic mass is 35.5. The number of fused-ring (bicyclic) bond motifs is 5. The normalized spacial score (nSPS) is 35.8. The van der Waals surface area contributed by atoms with Gasteiger partial charge in [0.1, 0.15) is 6.10 Å². The van der Waals surface area contributed by atoms with Crippen LogP contribution in [0.1, 0.15) is 68.6 Å². The summed E-state index contributed by atoms with van der Waals surface area (Å²) < 4.78 is 29.4. The molecule has 5 rings (SSSR count). The molecule has 0 radical (unpaired) electrons. The molecule has 8 heteroatoms. The summed E-state index contributed by atoms with van der Waals surface area (Å²) in [5.74, 6) is 1.91. The molecule has 1 aromatic rings. The van der Waals surface area contributed by atoms with Crippen molar-refractivity contribution >= 4 is 33.4 Å². The average Bonchev–Trinajstić information content (AvgIpc) is 3.09. The first-order valence-corrected chi connectivity index (χ1v) is 13.8. The molecule has 4 aliphatic carbocycles. The average molecular weight is 492 g/mol. The van der Waals surface area contributed by atoms with Crippen molar-refractivity contribution in [2.45, 2.75) is 69.3 Å². The van der Waals surface area contributed by atoms with Crippen LogP contribution in [0.5, 0.6) is 0 Å². The fourth-order valence-corrected chi connectivity index (χ4v) is 8.09. The van der Waals surface area contributed by atoms with E-state index in [0.29, 0.717) is 30.1 Å². The second-order valence-electron chi connectivity index (χ2n) is 10.5. The number of carbonyl (C=O) groups excluding carboxylic acids is 2. The topological polar surface area (TPSA) is 104 Å². The van der Waals surface area contributed by atoms with Crippen molar-refractivity contribution in [2.75, 3.05) is 0 Å². The van der Waals surface area contributed by atoms with E-state index in [1.807, 2.05) is 6.08 Å². The van der Waals surface area contributed by atoms with Crippen LogP contribution in [0.15, 0.2) is 34.7 Å². The van der Waals surface area contributed by atoms with Gasteiger partial charge in [0, 0.05) is 11.8 Å². The van der Waals surface area contributed by atoms with E-state index in [4.69, 9.17) is 21.5 Å². The first-order valence-electron chi connectivity index (χ1n) is 11.8. The van der Waals surface area contributed by atoms with Gasteiger partial charge in [-0.1, -0.05) is 24.1 Å². The highest BCUT2D eigenvalue weighted by Crippen LogP contribution is 2.62. The van der Waals surface area contributed by atoms with Crippen molar-refractivity contribution in [3.63, 3.8) is 0 Å². The van der Waals surface area contributed by atoms with Crippen LogP contribution in [0.2, 0.25) is 5.02 Å². The second kappa shape index (κ2) is 8.21. The van der Waals surface area contributed by atoms with E-state index in [9.17, 15) is 18.0 Å². The number of ketones is 1. The third-order valence-electron chi connectivity index (χ3n) is 8.95. The predicted octanol–water partition coefficient (Wildman–Crippen LogP) is 4.65. The molecule has 0 aromatic heterocycles. The molecule has 0 heterocycles. The fraction of sp³-hybridized carbons (Fsp3) is 0.600. The van der Waals surface area contributed by atoms with Crippen LogP contribution in [0, 0.1) is 29.1 Å². The number of allylic oxidation sites excluding steroid dienone is 1. The lowest BCUT2D eigenvalue weighted by molar-refractivity contribution is -0.116. The zero-order chi connectivity index (χ0) is 23.5. The summed E-state index contributed by atoms with van der Waals surface area (Å²) in [5, 5.41) is 5.37. The maximum Gasteiger partial charge on any atom is 0.339 e. The Bertz CT molecular complexity index is 1150. The van der Waals surface area contributed by atoms with Gasteiger partial charge in [-0.15, -0.1) is 0 Å². The minimum atomic E-state index is -3.95. The number of rotatable bonds is 3. The molecule has 0 spiro atoms. The van der Waals surface area contributed by atoms with Crippen LogP contribution < -0.4 is 5.14 Å². The molecule has 0 bridgehead atoms. The number of ether oxygens (including phenoxy) is 1. The highest BCUT2D eigenvalue weighted by molar-refractivity contribution is 7.89. The first-order chi connectivity index (χ1) is 15.6. The third kappa shape index (κ3) is 3.96. The summed E-state index contributed by atoms with van der Waals surface area (Å²) in [5.41, 5.74) is 1.29. The monoisotopic (exact) mass is 491 g/mol. The number of hydrogen-bond donors (Lipinski definition) is 1. The molecule has 0 amide bonds. The minimum Gasteiger partial charge on any atom is -0.458 e. The number of esters is 1. The second-order valence-corrected chi connectivity index (χ2v) is 12.5. The number of benzene rings is 1. The lowest BCUT2D eigenvalue weighted by Crippen LogP contribution is -2.48. The van der Waals surface area contributed by atoms with Gasteiger partial charge in [0.2, 0.25) is 10.0 Å². The zero-order valence-electron chi connectivity index (χ0n) is 18.8. The molecule has 178 valence electrons. The number of sulfonamides is 1. The van der Waals surface area contributed by atoms with Crippen molar-refractivity contribution in [3.8, 4) is 0 Å². The summed E-state index contributed by atoms with van der Waals surface area (Å²) in [4.78, 5) is 24.8. The van der Waals surface area contributed by atoms with Gasteiger partial charge in [0.15, 0.2) is 5.78 Å². The predicted molar refractivity (Wildman–Crippen MR) is 124 cm³/mol. The summed E-state index contributed by atoms with van der Waals surface area (Å²) >= 11 is 6.20. The maximum atomic E-state index is 13.0. The van der Waals surface area contributed by atoms with Crippen LogP contribution in [0.3, 0.4) is 0 Å². The van der Waals surface area contributed by atoms with E-state index in [-0.39, 0.29) is 32.8 Å². The van der Waals surface area contributed by atoms with Gasteiger partial charge in [0.05, 0.1) is 15.5 Å². The molecule has 4 aliphatic rings. The molecule has 0 saturated heterocycles. The van der Waals surface area contributed by atoms with Gasteiger partial charge in [-0.05, 0) is 92.9 Å². The molecule has 3 fully saturated rings. The molecule has 1 aromatic carbocycles. The standard InChI is InChI=1S/C25H30ClNO5S/c1-25-11-10-18-17-6-3-15(28)12-14(17)2-5-19(18)21(25)7-9-23(25)32-24(29)20-13-16(33(27,30)31)4-8-22(20)26/h4,8,12-13,17-19,21,23H,2-3,5-7,9-11H2,1H3,(H2,27,30,31)/t17-,18?,19?,21?,23-,25-/m0/s1. The molecule has 3 saturated carbocycles. The van der Waals surface area contributed by atoms with Crippen LogP contribution in [0.25, 0.3) is 0 Å². The Kier molecular flexibility index (Phi) is 5.73. The molecule has 33 heavy (non-hydrogen) atoms. The summed E-state index contributed by atoms with van der Waals surface area (Å²) in [6, 6.07) is 3.85. The van der Waals surface area contributed by atoms with E-state index >= 15 is 0 Å². The molecular weight excluding hydrogens is 462 g/mol. The van der Waals surface area contributed by atoms with Crippen LogP contribution in [-0.2, 0) is 19.6 Å². The quantitative estimate of drug-likeness (QED) is 0.619. The van der Waals surface area contributed by atoms with Crippen molar-refractivity contribution < 1.29 is 22.7 Å². The van der Waals surface area contributed by atoms with Crippen molar-refractivity contribution in [1.29, 1.82) is 0 Å². The molecule has 0 aliphatic heterocycles. The minimum absolute atomic E-state index is 0.0308. The molecule has 6 nitrogen and oxygen atoms in total. The van der Waals surface area contributed by atoms with E-state index in [0.717, 1.165) is 44.9 Å². The first kappa shape index (κ1) is 23.1. The Balaban J connectivity index is 1.35. The maximum absolute atomic E-state index is 13.0. The van der Waals surface area contributed by atoms with Gasteiger partial charge in [-0.2, -0.15) is 0 Å². The lowest BCUT2D eigenvalue weighted by atomic mass is 9.52. The number of halogens is 1. The van der Waals surface area contributed by atoms with Gasteiger partial charge >= 0.3 is 5.97 Å². The Hall–Kier alpha value is -1.70. The van der Waals surface area contributed by atoms with E-state index in [1.165, 1.54) is 23.8 Å². The third-order valence-corrected chi connectivity index (χ3v) is 10.2. The van der Waals surface area contributed by atoms with Crippen LogP contribution >= 0.6 is 11.6 Å². The van der Waals surface area contributed by atoms with Gasteiger partial charge < -0.3 is 4.74 Å². The van der Waals surface area contributed by atoms with Gasteiger partial charge in [-0.3, -0.25) is 4.79 Å². The van der Waals surface area contributed by atoms with Crippen LogP contribution in [0.4, 0.5) is 0 Å². The number of carbonyl (C=O) groups is 2. The van der Waals surface area contributed by atoms with Crippen molar-refractivity contribution in [3.05, 3.63) is 40.4 Å². The van der Waals surface area contributed by atoms with Crippen molar-refractivity contribution in [1.82, 2.24) is 0 Å². The number of primary sulfonamides is 1. The number of hydrogen-bond acceptors (Lipinski definition) is 5. The lowest BCUT2D eigenvalue weighted by Gasteiger charge is -2.53. The summed E-state index contributed by atoms with van der Waals surface area (Å²) in [6.45, 7) is 2.25. The summed E-state index contributed by atoms with van der Waals surface area (Å²) in [6.07, 6.45) is 9.33. The molecule has 3 unspecified atom stereocenters.